The molecule has 0 radical (unpaired) electrons. The Morgan fingerprint density at radius 1 is 0.444 bits per heavy atom. The van der Waals surface area contributed by atoms with Crippen molar-refractivity contribution < 1.29 is 0 Å². The number of anilines is 2. The molecule has 0 spiro atoms. The van der Waals surface area contributed by atoms with Crippen LogP contribution in [0.3, 0.4) is 0 Å². The van der Waals surface area contributed by atoms with Crippen LogP contribution in [0.4, 0.5) is 11.4 Å². The molecule has 4 bridgehead atoms. The Bertz CT molecular complexity index is 1620. The van der Waals surface area contributed by atoms with Gasteiger partial charge in [0.15, 0.2) is 0 Å². The molecule has 4 nitrogen and oxygen atoms in total. The molecule has 7 rings (SSSR count). The van der Waals surface area contributed by atoms with Crippen LogP contribution in [0.1, 0.15) is 11.4 Å². The summed E-state index contributed by atoms with van der Waals surface area (Å²) in [6.45, 7) is 1.23. The summed E-state index contributed by atoms with van der Waals surface area (Å²) in [6.07, 6.45) is 0. The van der Waals surface area contributed by atoms with E-state index in [1.807, 2.05) is 0 Å². The van der Waals surface area contributed by atoms with Crippen LogP contribution >= 0.6 is 0 Å². The largest absolute Gasteiger partial charge is 0.379 e. The highest BCUT2D eigenvalue weighted by Gasteiger charge is 2.16. The average Bonchev–Trinajstić information content (AvgIpc) is 2.94. The Morgan fingerprint density at radius 3 is 1.42 bits per heavy atom. The van der Waals surface area contributed by atoms with Gasteiger partial charge in [0, 0.05) is 22.5 Å². The molecule has 2 aromatic heterocycles. The number of hydrogen-bond donors (Lipinski definition) is 2. The van der Waals surface area contributed by atoms with Gasteiger partial charge in [-0.2, -0.15) is 0 Å². The Balaban J connectivity index is 1.45. The molecule has 4 aromatic carbocycles. The highest BCUT2D eigenvalue weighted by atomic mass is 14.9. The number of aromatic nitrogens is 2. The summed E-state index contributed by atoms with van der Waals surface area (Å²) in [6, 6.07) is 38.2. The first-order valence-electron chi connectivity index (χ1n) is 12.3. The predicted molar refractivity (Wildman–Crippen MR) is 149 cm³/mol. The quantitative estimate of drug-likeness (QED) is 0.242. The Hall–Kier alpha value is -4.70. The van der Waals surface area contributed by atoms with E-state index in [1.54, 1.807) is 0 Å². The van der Waals surface area contributed by atoms with Crippen LogP contribution in [-0.2, 0) is 13.1 Å². The predicted octanol–water partition coefficient (Wildman–Crippen LogP) is 7.65. The minimum Gasteiger partial charge on any atom is -0.379 e. The molecule has 6 aromatic rings. The Kier molecular flexibility index (Phi) is 4.88. The lowest BCUT2D eigenvalue weighted by Crippen LogP contribution is -2.08. The summed E-state index contributed by atoms with van der Waals surface area (Å²) in [5, 5.41) is 12.1. The first-order valence-corrected chi connectivity index (χ1v) is 12.3. The van der Waals surface area contributed by atoms with Crippen LogP contribution < -0.4 is 10.6 Å². The summed E-state index contributed by atoms with van der Waals surface area (Å²) < 4.78 is 0. The molecule has 4 heteroatoms. The van der Waals surface area contributed by atoms with Crippen LogP contribution in [0.5, 0.6) is 0 Å². The topological polar surface area (TPSA) is 49.8 Å². The molecule has 172 valence electrons. The van der Waals surface area contributed by atoms with E-state index in [-0.39, 0.29) is 0 Å². The highest BCUT2D eigenvalue weighted by molar-refractivity contribution is 6.03. The number of nitrogens with zero attached hydrogens (tertiary/aromatic N) is 2. The first-order chi connectivity index (χ1) is 17.8. The standard InChI is InChI=1S/C32H24N4/c1-3-11-25-21(7-1)15-17-27-31(25)29-13-5-9-23(35-29)20-34-28-18-16-22-8-2-4-12-26(22)32(28)30-14-6-10-24(36-30)19-33-27/h1-18,33-34H,19-20H2. The third kappa shape index (κ3) is 3.55. The van der Waals surface area contributed by atoms with E-state index < -0.39 is 0 Å². The van der Waals surface area contributed by atoms with E-state index in [0.717, 1.165) is 45.3 Å². The lowest BCUT2D eigenvalue weighted by atomic mass is 9.98. The van der Waals surface area contributed by atoms with Crippen molar-refractivity contribution in [2.24, 2.45) is 0 Å². The number of nitrogens with one attached hydrogen (secondary N) is 2. The monoisotopic (exact) mass is 464 g/mol. The summed E-state index contributed by atoms with van der Waals surface area (Å²) >= 11 is 0. The molecular weight excluding hydrogens is 440 g/mol. The van der Waals surface area contributed by atoms with E-state index in [0.29, 0.717) is 13.1 Å². The molecule has 0 saturated heterocycles. The SMILES string of the molecule is c1cc2nc(c1)-c1c(ccc3ccccc13)NCc1cccc(n1)-c1c(ccc3ccccc13)NC2. The molecular formula is C32H24N4. The van der Waals surface area contributed by atoms with Crippen molar-refractivity contribution in [1.29, 1.82) is 0 Å². The van der Waals surface area contributed by atoms with E-state index in [4.69, 9.17) is 9.97 Å². The maximum atomic E-state index is 5.10. The van der Waals surface area contributed by atoms with Gasteiger partial charge in [0.25, 0.3) is 0 Å². The number of pyridine rings is 2. The van der Waals surface area contributed by atoms with Crippen molar-refractivity contribution in [2.75, 3.05) is 10.6 Å². The lowest BCUT2D eigenvalue weighted by molar-refractivity contribution is 1.03. The van der Waals surface area contributed by atoms with Crippen molar-refractivity contribution in [3.63, 3.8) is 0 Å². The number of fused-ring (bicyclic) bond motifs is 12. The molecule has 0 unspecified atom stereocenters. The van der Waals surface area contributed by atoms with Crippen molar-refractivity contribution in [3.8, 4) is 22.5 Å². The fourth-order valence-electron chi connectivity index (χ4n) is 5.20. The molecule has 0 fully saturated rings. The second-order valence-corrected chi connectivity index (χ2v) is 9.15. The fraction of sp³-hybridized carbons (Fsp3) is 0.0625. The van der Waals surface area contributed by atoms with E-state index in [1.165, 1.54) is 21.5 Å². The minimum absolute atomic E-state index is 0.617. The zero-order chi connectivity index (χ0) is 23.9. The average molecular weight is 465 g/mol. The summed E-state index contributed by atoms with van der Waals surface area (Å²) in [4.78, 5) is 10.2. The second kappa shape index (κ2) is 8.51. The van der Waals surface area contributed by atoms with Gasteiger partial charge in [0.05, 0.1) is 35.9 Å². The zero-order valence-electron chi connectivity index (χ0n) is 19.7. The third-order valence-corrected chi connectivity index (χ3v) is 6.90. The Labute approximate surface area is 209 Å². The van der Waals surface area contributed by atoms with Crippen molar-refractivity contribution in [2.45, 2.75) is 13.1 Å². The van der Waals surface area contributed by atoms with Gasteiger partial charge in [-0.3, -0.25) is 9.97 Å². The van der Waals surface area contributed by atoms with Gasteiger partial charge in [-0.05, 0) is 57.9 Å². The second-order valence-electron chi connectivity index (χ2n) is 9.15. The fourth-order valence-corrected chi connectivity index (χ4v) is 5.20. The van der Waals surface area contributed by atoms with Crippen molar-refractivity contribution in [1.82, 2.24) is 9.97 Å². The molecule has 2 N–H and O–H groups in total. The van der Waals surface area contributed by atoms with Crippen LogP contribution in [0.15, 0.2) is 109 Å². The summed E-state index contributed by atoms with van der Waals surface area (Å²) in [5.74, 6) is 0. The number of rotatable bonds is 0. The van der Waals surface area contributed by atoms with Gasteiger partial charge in [0.2, 0.25) is 0 Å². The molecule has 0 atom stereocenters. The van der Waals surface area contributed by atoms with Crippen molar-refractivity contribution in [3.05, 3.63) is 121 Å². The van der Waals surface area contributed by atoms with Gasteiger partial charge >= 0.3 is 0 Å². The number of benzene rings is 4. The van der Waals surface area contributed by atoms with Crippen LogP contribution in [0.25, 0.3) is 44.1 Å². The van der Waals surface area contributed by atoms with E-state index in [9.17, 15) is 0 Å². The maximum absolute atomic E-state index is 5.10. The summed E-state index contributed by atoms with van der Waals surface area (Å²) in [5.41, 5.74) is 8.26. The van der Waals surface area contributed by atoms with Crippen molar-refractivity contribution >= 4 is 32.9 Å². The molecule has 0 aliphatic carbocycles. The summed E-state index contributed by atoms with van der Waals surface area (Å²) in [7, 11) is 0. The third-order valence-electron chi connectivity index (χ3n) is 6.90. The van der Waals surface area contributed by atoms with Crippen LogP contribution in [0, 0.1) is 0 Å². The molecule has 1 aliphatic heterocycles. The minimum atomic E-state index is 0.617. The lowest BCUT2D eigenvalue weighted by Gasteiger charge is -2.18. The molecule has 36 heavy (non-hydrogen) atoms. The van der Waals surface area contributed by atoms with Crippen LogP contribution in [-0.4, -0.2) is 9.97 Å². The van der Waals surface area contributed by atoms with E-state index in [2.05, 4.69) is 120 Å². The van der Waals surface area contributed by atoms with Gasteiger partial charge in [-0.1, -0.05) is 72.8 Å². The molecule has 1 aliphatic rings. The number of hydrogen-bond acceptors (Lipinski definition) is 4. The van der Waals surface area contributed by atoms with E-state index >= 15 is 0 Å². The first kappa shape index (κ1) is 20.7. The van der Waals surface area contributed by atoms with Gasteiger partial charge < -0.3 is 10.6 Å². The van der Waals surface area contributed by atoms with Gasteiger partial charge in [-0.15, -0.1) is 0 Å². The zero-order valence-corrected chi connectivity index (χ0v) is 19.7. The van der Waals surface area contributed by atoms with Gasteiger partial charge in [0.1, 0.15) is 0 Å². The highest BCUT2D eigenvalue weighted by Crippen LogP contribution is 2.37. The van der Waals surface area contributed by atoms with Gasteiger partial charge in [-0.25, -0.2) is 0 Å². The Morgan fingerprint density at radius 2 is 0.917 bits per heavy atom. The molecule has 3 heterocycles. The molecule has 0 saturated carbocycles. The normalized spacial score (nSPS) is 12.7. The smallest absolute Gasteiger partial charge is 0.0733 e. The van der Waals surface area contributed by atoms with Crippen LogP contribution in [0.2, 0.25) is 0 Å². The maximum Gasteiger partial charge on any atom is 0.0733 e. The molecule has 0 amide bonds.